The second kappa shape index (κ2) is 7.72. The molecule has 3 aliphatic rings. The quantitative estimate of drug-likeness (QED) is 0.597. The van der Waals surface area contributed by atoms with E-state index in [9.17, 15) is 9.32 Å². The second-order valence-corrected chi connectivity index (χ2v) is 10.3. The van der Waals surface area contributed by atoms with E-state index in [1.165, 1.54) is 0 Å². The summed E-state index contributed by atoms with van der Waals surface area (Å²) in [5, 5.41) is 16.5. The molecule has 1 aromatic carbocycles. The molecule has 2 fully saturated rings. The average molecular weight is 444 g/mol. The van der Waals surface area contributed by atoms with Crippen LogP contribution >= 0.6 is 0 Å². The smallest absolute Gasteiger partial charge is 0.227 e. The van der Waals surface area contributed by atoms with Gasteiger partial charge in [-0.1, -0.05) is 12.1 Å². The lowest BCUT2D eigenvalue weighted by molar-refractivity contribution is -0.0390. The first kappa shape index (κ1) is 20.7. The van der Waals surface area contributed by atoms with E-state index >= 15 is 0 Å². The number of hydrogen-bond donors (Lipinski definition) is 3. The Balaban J connectivity index is 1.42. The molecule has 0 spiro atoms. The molecule has 5 rings (SSSR count). The monoisotopic (exact) mass is 443 g/mol. The molecule has 3 heterocycles. The number of hydrogen-bond acceptors (Lipinski definition) is 8. The van der Waals surface area contributed by atoms with Crippen LogP contribution in [0.5, 0.6) is 0 Å². The Morgan fingerprint density at radius 1 is 1.23 bits per heavy atom. The molecule has 8 nitrogen and oxygen atoms in total. The Bertz CT molecular complexity index is 997. The van der Waals surface area contributed by atoms with Crippen molar-refractivity contribution < 1.29 is 14.1 Å². The number of nitrogens with one attached hydrogen (secondary N) is 2. The molecular formula is C22H29N5O3S. The van der Waals surface area contributed by atoms with Gasteiger partial charge >= 0.3 is 0 Å². The number of aryl methyl sites for hydroxylation is 1. The fourth-order valence-corrected chi connectivity index (χ4v) is 5.98. The van der Waals surface area contributed by atoms with Crippen molar-refractivity contribution in [3.8, 4) is 0 Å². The van der Waals surface area contributed by atoms with Crippen LogP contribution in [0, 0.1) is 0 Å². The predicted molar refractivity (Wildman–Crippen MR) is 121 cm³/mol. The Hall–Kier alpha value is -2.23. The molecule has 0 unspecified atom stereocenters. The third kappa shape index (κ3) is 3.39. The van der Waals surface area contributed by atoms with Gasteiger partial charge in [-0.05, 0) is 37.0 Å². The predicted octanol–water partition coefficient (Wildman–Crippen LogP) is 1.87. The van der Waals surface area contributed by atoms with Crippen molar-refractivity contribution in [1.82, 2.24) is 9.97 Å². The number of aliphatic hydroxyl groups is 1. The molecule has 0 amide bonds. The fourth-order valence-electron chi connectivity index (χ4n) is 4.67. The third-order valence-corrected chi connectivity index (χ3v) is 8.40. The third-order valence-electron chi connectivity index (χ3n) is 6.94. The first-order chi connectivity index (χ1) is 15.0. The van der Waals surface area contributed by atoms with E-state index in [1.807, 2.05) is 7.05 Å². The van der Waals surface area contributed by atoms with Crippen LogP contribution in [0.3, 0.4) is 0 Å². The Kier molecular flexibility index (Phi) is 5.15. The van der Waals surface area contributed by atoms with Crippen molar-refractivity contribution in [2.45, 2.75) is 41.7 Å². The Morgan fingerprint density at radius 2 is 1.97 bits per heavy atom. The molecule has 2 aromatic rings. The zero-order valence-corrected chi connectivity index (χ0v) is 18.8. The zero-order chi connectivity index (χ0) is 21.6. The van der Waals surface area contributed by atoms with E-state index in [4.69, 9.17) is 14.7 Å². The van der Waals surface area contributed by atoms with Crippen LogP contribution in [0.15, 0.2) is 29.2 Å². The van der Waals surface area contributed by atoms with Crippen LogP contribution in [-0.2, 0) is 27.6 Å². The molecule has 1 aliphatic carbocycles. The number of nitrogens with zero attached hydrogens (tertiary/aromatic N) is 3. The molecule has 1 saturated carbocycles. The van der Waals surface area contributed by atoms with E-state index in [-0.39, 0.29) is 12.1 Å². The molecule has 0 bridgehead atoms. The minimum atomic E-state index is -1.10. The maximum Gasteiger partial charge on any atom is 0.227 e. The number of rotatable bonds is 7. The minimum Gasteiger partial charge on any atom is -0.394 e. The van der Waals surface area contributed by atoms with Crippen molar-refractivity contribution in [3.63, 3.8) is 0 Å². The molecule has 166 valence electrons. The Morgan fingerprint density at radius 3 is 2.55 bits per heavy atom. The van der Waals surface area contributed by atoms with E-state index in [0.29, 0.717) is 41.9 Å². The number of aromatic nitrogens is 2. The van der Waals surface area contributed by atoms with Crippen molar-refractivity contribution >= 4 is 28.3 Å². The largest absolute Gasteiger partial charge is 0.394 e. The zero-order valence-electron chi connectivity index (χ0n) is 18.0. The maximum atomic E-state index is 12.6. The van der Waals surface area contributed by atoms with Crippen LogP contribution in [0.4, 0.5) is 17.5 Å². The molecule has 9 heteroatoms. The summed E-state index contributed by atoms with van der Waals surface area (Å²) < 4.78 is 18.5. The van der Waals surface area contributed by atoms with Crippen LogP contribution in [0.2, 0.25) is 0 Å². The number of benzene rings is 1. The topological polar surface area (TPSA) is 99.6 Å². The van der Waals surface area contributed by atoms with Gasteiger partial charge in [-0.15, -0.1) is 0 Å². The van der Waals surface area contributed by atoms with Gasteiger partial charge in [0, 0.05) is 32.0 Å². The molecule has 1 saturated heterocycles. The van der Waals surface area contributed by atoms with Crippen molar-refractivity contribution in [2.75, 3.05) is 55.1 Å². The van der Waals surface area contributed by atoms with E-state index in [2.05, 4.69) is 39.8 Å². The standard InChI is InChI=1S/C22H29N5O3S/c1-23-16-6-4-15(5-7-16)22(30-2)12-27(13-22)20-24-17-8-11-31(29)18(17)19(25-20)26-21(14-28)9-3-10-21/h4-7,23,28H,3,8-14H2,1-2H3,(H,24,25,26)/t31-/m1/s1. The molecule has 3 N–H and O–H groups in total. The SMILES string of the molecule is CNc1ccc(C2(OC)CN(c3nc4c(c(NC5(CO)CCC5)n3)[S@](=O)CC4)C2)cc1. The van der Waals surface area contributed by atoms with Gasteiger partial charge in [0.25, 0.3) is 0 Å². The summed E-state index contributed by atoms with van der Waals surface area (Å²) >= 11 is 0. The summed E-state index contributed by atoms with van der Waals surface area (Å²) in [5.74, 6) is 1.83. The first-order valence-corrected chi connectivity index (χ1v) is 12.1. The lowest BCUT2D eigenvalue weighted by Crippen LogP contribution is -2.61. The molecule has 0 radical (unpaired) electrons. The molecule has 2 aliphatic heterocycles. The number of methoxy groups -OCH3 is 1. The van der Waals surface area contributed by atoms with Gasteiger partial charge in [-0.3, -0.25) is 4.21 Å². The highest BCUT2D eigenvalue weighted by molar-refractivity contribution is 7.85. The lowest BCUT2D eigenvalue weighted by Gasteiger charge is -2.49. The average Bonchev–Trinajstić information content (AvgIpc) is 3.12. The van der Waals surface area contributed by atoms with Gasteiger partial charge in [0.1, 0.15) is 16.3 Å². The lowest BCUT2D eigenvalue weighted by atomic mass is 9.77. The van der Waals surface area contributed by atoms with E-state index in [1.54, 1.807) is 7.11 Å². The molecule has 1 aromatic heterocycles. The summed E-state index contributed by atoms with van der Waals surface area (Å²) in [6.45, 7) is 1.34. The summed E-state index contributed by atoms with van der Waals surface area (Å²) in [7, 11) is 2.55. The molecular weight excluding hydrogens is 414 g/mol. The minimum absolute atomic E-state index is 0.0485. The second-order valence-electron chi connectivity index (χ2n) is 8.75. The first-order valence-electron chi connectivity index (χ1n) is 10.8. The fraction of sp³-hybridized carbons (Fsp3) is 0.545. The van der Waals surface area contributed by atoms with Crippen LogP contribution in [-0.4, -0.2) is 64.4 Å². The molecule has 31 heavy (non-hydrogen) atoms. The summed E-state index contributed by atoms with van der Waals surface area (Å²) in [6, 6.07) is 8.28. The highest BCUT2D eigenvalue weighted by Crippen LogP contribution is 2.41. The van der Waals surface area contributed by atoms with Crippen molar-refractivity contribution in [2.24, 2.45) is 0 Å². The van der Waals surface area contributed by atoms with Crippen LogP contribution in [0.25, 0.3) is 0 Å². The van der Waals surface area contributed by atoms with Gasteiger partial charge in [0.05, 0.1) is 41.7 Å². The normalized spacial score (nSPS) is 22.9. The summed E-state index contributed by atoms with van der Waals surface area (Å²) in [6.07, 6.45) is 3.55. The van der Waals surface area contributed by atoms with E-state index in [0.717, 1.165) is 36.2 Å². The number of ether oxygens (including phenoxy) is 1. The van der Waals surface area contributed by atoms with Crippen LogP contribution < -0.4 is 15.5 Å². The van der Waals surface area contributed by atoms with Crippen molar-refractivity contribution in [1.29, 1.82) is 0 Å². The summed E-state index contributed by atoms with van der Waals surface area (Å²) in [5.41, 5.74) is 2.29. The van der Waals surface area contributed by atoms with Gasteiger partial charge in [-0.2, -0.15) is 4.98 Å². The van der Waals surface area contributed by atoms with Crippen molar-refractivity contribution in [3.05, 3.63) is 35.5 Å². The van der Waals surface area contributed by atoms with Gasteiger partial charge in [-0.25, -0.2) is 4.98 Å². The number of aliphatic hydroxyl groups excluding tert-OH is 1. The maximum absolute atomic E-state index is 12.6. The Labute approximate surface area is 184 Å². The highest BCUT2D eigenvalue weighted by Gasteiger charge is 2.47. The van der Waals surface area contributed by atoms with Gasteiger partial charge in [0.2, 0.25) is 5.95 Å². The summed E-state index contributed by atoms with van der Waals surface area (Å²) in [4.78, 5) is 12.4. The number of anilines is 3. The van der Waals surface area contributed by atoms with Gasteiger partial charge < -0.3 is 25.4 Å². The van der Waals surface area contributed by atoms with Crippen LogP contribution in [0.1, 0.15) is 30.5 Å². The van der Waals surface area contributed by atoms with E-state index < -0.39 is 16.4 Å². The molecule has 1 atom stereocenters. The highest BCUT2D eigenvalue weighted by atomic mass is 32.2. The van der Waals surface area contributed by atoms with Gasteiger partial charge in [0.15, 0.2) is 0 Å². The number of fused-ring (bicyclic) bond motifs is 1.